The number of piperidine rings is 1. The van der Waals surface area contributed by atoms with Crippen molar-refractivity contribution in [2.75, 3.05) is 25.5 Å². The fourth-order valence-corrected chi connectivity index (χ4v) is 7.38. The highest BCUT2D eigenvalue weighted by Gasteiger charge is 2.51. The Balaban J connectivity index is 1.25. The average Bonchev–Trinajstić information content (AvgIpc) is 2.73. The van der Waals surface area contributed by atoms with Crippen molar-refractivity contribution in [3.05, 3.63) is 28.8 Å². The quantitative estimate of drug-likeness (QED) is 0.725. The van der Waals surface area contributed by atoms with Crippen molar-refractivity contribution in [3.8, 4) is 0 Å². The molecule has 3 amide bonds. The molecule has 5 aliphatic rings. The van der Waals surface area contributed by atoms with Crippen LogP contribution in [0.5, 0.6) is 0 Å². The lowest BCUT2D eigenvalue weighted by molar-refractivity contribution is -0.125. The number of carbonyl (C=O) groups excluding carboxylic acids is 2. The zero-order valence-corrected chi connectivity index (χ0v) is 18.5. The van der Waals surface area contributed by atoms with Crippen LogP contribution in [0.4, 0.5) is 10.5 Å². The Morgan fingerprint density at radius 1 is 1.03 bits per heavy atom. The fourth-order valence-electron chi connectivity index (χ4n) is 7.15. The third kappa shape index (κ3) is 3.59. The third-order valence-electron chi connectivity index (χ3n) is 8.26. The number of hydrogen-bond donors (Lipinski definition) is 2. The highest BCUT2D eigenvalue weighted by atomic mass is 35.5. The van der Waals surface area contributed by atoms with Gasteiger partial charge in [-0.3, -0.25) is 4.79 Å². The van der Waals surface area contributed by atoms with Crippen molar-refractivity contribution in [2.45, 2.75) is 56.8 Å². The molecule has 1 saturated heterocycles. The van der Waals surface area contributed by atoms with E-state index >= 15 is 0 Å². The van der Waals surface area contributed by atoms with Gasteiger partial charge in [-0.25, -0.2) is 4.79 Å². The van der Waals surface area contributed by atoms with E-state index in [1.165, 1.54) is 44.1 Å². The second-order valence-corrected chi connectivity index (χ2v) is 10.6. The predicted octanol–water partition coefficient (Wildman–Crippen LogP) is 4.80. The minimum absolute atomic E-state index is 0.00204. The minimum atomic E-state index is -0.130. The summed E-state index contributed by atoms with van der Waals surface area (Å²) in [6.07, 6.45) is 9.61. The first kappa shape index (κ1) is 20.2. The number of carbonyl (C=O) groups is 2. The van der Waals surface area contributed by atoms with Crippen molar-refractivity contribution >= 4 is 29.2 Å². The average molecular weight is 430 g/mol. The van der Waals surface area contributed by atoms with E-state index in [0.29, 0.717) is 42.1 Å². The number of anilines is 1. The van der Waals surface area contributed by atoms with E-state index in [0.717, 1.165) is 17.8 Å². The van der Waals surface area contributed by atoms with E-state index in [1.807, 2.05) is 6.07 Å². The molecule has 4 aliphatic carbocycles. The SMILES string of the molecule is CNC(=O)C1CCN(C(=O)Nc2ccc(C34CC5CC(CC(C5)C3)C4)cc2Cl)CC1. The lowest BCUT2D eigenvalue weighted by Gasteiger charge is -2.57. The maximum atomic E-state index is 12.7. The first-order chi connectivity index (χ1) is 14.5. The molecule has 1 aromatic rings. The van der Waals surface area contributed by atoms with Crippen LogP contribution >= 0.6 is 11.6 Å². The second-order valence-electron chi connectivity index (χ2n) is 10.2. The van der Waals surface area contributed by atoms with Gasteiger partial charge in [0.1, 0.15) is 0 Å². The van der Waals surface area contributed by atoms with Crippen LogP contribution in [0, 0.1) is 23.7 Å². The molecular formula is C24H32ClN3O2. The summed E-state index contributed by atoms with van der Waals surface area (Å²) in [5.41, 5.74) is 2.36. The Morgan fingerprint density at radius 2 is 1.63 bits per heavy atom. The van der Waals surface area contributed by atoms with Crippen LogP contribution in [0.25, 0.3) is 0 Å². The number of nitrogens with zero attached hydrogens (tertiary/aromatic N) is 1. The summed E-state index contributed by atoms with van der Waals surface area (Å²) in [5.74, 6) is 2.76. The summed E-state index contributed by atoms with van der Waals surface area (Å²) in [6, 6.07) is 6.18. The molecular weight excluding hydrogens is 398 g/mol. The molecule has 0 aromatic heterocycles. The molecule has 1 aliphatic heterocycles. The summed E-state index contributed by atoms with van der Waals surface area (Å²) in [5, 5.41) is 6.33. The molecule has 0 unspecified atom stereocenters. The Hall–Kier alpha value is -1.75. The van der Waals surface area contributed by atoms with E-state index in [2.05, 4.69) is 22.8 Å². The molecule has 0 radical (unpaired) electrons. The molecule has 4 saturated carbocycles. The molecule has 1 heterocycles. The molecule has 6 rings (SSSR count). The summed E-state index contributed by atoms with van der Waals surface area (Å²) < 4.78 is 0. The molecule has 0 spiro atoms. The first-order valence-corrected chi connectivity index (χ1v) is 11.9. The fraction of sp³-hybridized carbons (Fsp3) is 0.667. The molecule has 1 aromatic carbocycles. The van der Waals surface area contributed by atoms with Crippen LogP contribution in [0.1, 0.15) is 56.9 Å². The van der Waals surface area contributed by atoms with Gasteiger partial charge in [0.2, 0.25) is 5.91 Å². The molecule has 5 nitrogen and oxygen atoms in total. The number of hydrogen-bond acceptors (Lipinski definition) is 2. The predicted molar refractivity (Wildman–Crippen MR) is 119 cm³/mol. The van der Waals surface area contributed by atoms with Crippen LogP contribution in [0.2, 0.25) is 5.02 Å². The largest absolute Gasteiger partial charge is 0.359 e. The monoisotopic (exact) mass is 429 g/mol. The van der Waals surface area contributed by atoms with Gasteiger partial charge in [0.05, 0.1) is 10.7 Å². The highest BCUT2D eigenvalue weighted by Crippen LogP contribution is 2.61. The maximum Gasteiger partial charge on any atom is 0.321 e. The summed E-state index contributed by atoms with van der Waals surface area (Å²) in [4.78, 5) is 26.3. The van der Waals surface area contributed by atoms with E-state index in [-0.39, 0.29) is 17.9 Å². The topological polar surface area (TPSA) is 61.4 Å². The number of amides is 3. The van der Waals surface area contributed by atoms with Crippen LogP contribution in [-0.4, -0.2) is 37.0 Å². The van der Waals surface area contributed by atoms with E-state index < -0.39 is 0 Å². The minimum Gasteiger partial charge on any atom is -0.359 e. The molecule has 0 atom stereocenters. The van der Waals surface area contributed by atoms with Crippen molar-refractivity contribution in [1.29, 1.82) is 0 Å². The molecule has 4 bridgehead atoms. The van der Waals surface area contributed by atoms with Crippen LogP contribution < -0.4 is 10.6 Å². The maximum absolute atomic E-state index is 12.7. The van der Waals surface area contributed by atoms with Crippen molar-refractivity contribution in [1.82, 2.24) is 10.2 Å². The number of halogens is 1. The van der Waals surface area contributed by atoms with E-state index in [4.69, 9.17) is 11.6 Å². The van der Waals surface area contributed by atoms with Crippen LogP contribution in [0.15, 0.2) is 18.2 Å². The lowest BCUT2D eigenvalue weighted by Crippen LogP contribution is -2.48. The standard InChI is InChI=1S/C24H32ClN3O2/c1-26-22(29)18-4-6-28(7-5-18)23(30)27-21-3-2-19(11-20(21)25)24-12-15-8-16(13-24)10-17(9-15)14-24/h2-3,11,15-18H,4-10,12-14H2,1H3,(H,26,29)(H,27,30). The Kier molecular flexibility index (Phi) is 5.20. The Morgan fingerprint density at radius 3 is 2.17 bits per heavy atom. The van der Waals surface area contributed by atoms with Gasteiger partial charge in [-0.05, 0) is 92.2 Å². The Labute approximate surface area is 183 Å². The van der Waals surface area contributed by atoms with E-state index in [9.17, 15) is 9.59 Å². The van der Waals surface area contributed by atoms with Crippen LogP contribution in [0.3, 0.4) is 0 Å². The zero-order valence-electron chi connectivity index (χ0n) is 17.8. The normalized spacial score (nSPS) is 32.9. The Bertz CT molecular complexity index is 812. The van der Waals surface area contributed by atoms with Gasteiger partial charge in [-0.1, -0.05) is 17.7 Å². The number of urea groups is 1. The van der Waals surface area contributed by atoms with Gasteiger partial charge in [0.15, 0.2) is 0 Å². The van der Waals surface area contributed by atoms with Crippen molar-refractivity contribution in [2.24, 2.45) is 23.7 Å². The smallest absolute Gasteiger partial charge is 0.321 e. The third-order valence-corrected chi connectivity index (χ3v) is 8.57. The molecule has 2 N–H and O–H groups in total. The van der Waals surface area contributed by atoms with Crippen LogP contribution in [-0.2, 0) is 10.2 Å². The van der Waals surface area contributed by atoms with Crippen molar-refractivity contribution in [3.63, 3.8) is 0 Å². The second kappa shape index (κ2) is 7.74. The van der Waals surface area contributed by atoms with Gasteiger partial charge < -0.3 is 15.5 Å². The molecule has 30 heavy (non-hydrogen) atoms. The summed E-state index contributed by atoms with van der Waals surface area (Å²) in [7, 11) is 1.66. The lowest BCUT2D eigenvalue weighted by atomic mass is 9.48. The number of likely N-dealkylation sites (tertiary alicyclic amines) is 1. The summed E-state index contributed by atoms with van der Waals surface area (Å²) in [6.45, 7) is 1.18. The van der Waals surface area contributed by atoms with Gasteiger partial charge in [-0.2, -0.15) is 0 Å². The molecule has 162 valence electrons. The number of rotatable bonds is 3. The van der Waals surface area contributed by atoms with Gasteiger partial charge >= 0.3 is 6.03 Å². The first-order valence-electron chi connectivity index (χ1n) is 11.5. The summed E-state index contributed by atoms with van der Waals surface area (Å²) >= 11 is 6.65. The van der Waals surface area contributed by atoms with E-state index in [1.54, 1.807) is 11.9 Å². The molecule has 5 fully saturated rings. The number of nitrogens with one attached hydrogen (secondary N) is 2. The van der Waals surface area contributed by atoms with Gasteiger partial charge in [0.25, 0.3) is 0 Å². The number of benzene rings is 1. The van der Waals surface area contributed by atoms with Gasteiger partial charge in [-0.15, -0.1) is 0 Å². The molecule has 6 heteroatoms. The van der Waals surface area contributed by atoms with Crippen molar-refractivity contribution < 1.29 is 9.59 Å². The zero-order chi connectivity index (χ0) is 20.9. The highest BCUT2D eigenvalue weighted by molar-refractivity contribution is 6.33. The van der Waals surface area contributed by atoms with Gasteiger partial charge in [0, 0.05) is 26.1 Å².